The molecule has 102 valence electrons. The second-order valence-electron chi connectivity index (χ2n) is 5.61. The Kier molecular flexibility index (Phi) is 4.38. The summed E-state index contributed by atoms with van der Waals surface area (Å²) < 4.78 is 5.23. The molecule has 1 aliphatic heterocycles. The van der Waals surface area contributed by atoms with Gasteiger partial charge < -0.3 is 9.84 Å². The number of nitrogens with zero attached hydrogens (tertiary/aromatic N) is 1. The molecule has 5 heteroatoms. The van der Waals surface area contributed by atoms with Gasteiger partial charge in [0.15, 0.2) is 0 Å². The van der Waals surface area contributed by atoms with E-state index in [1.54, 1.807) is 26.8 Å². The van der Waals surface area contributed by atoms with E-state index in [1.807, 2.05) is 0 Å². The number of amides is 1. The number of hydrogen-bond donors (Lipinski definition) is 1. The monoisotopic (exact) mass is 255 g/mol. The number of ether oxygens (including phenoxy) is 1. The highest BCUT2D eigenvalue weighted by Crippen LogP contribution is 2.27. The third-order valence-electron chi connectivity index (χ3n) is 2.80. The number of aliphatic carboxylic acids is 1. The zero-order valence-electron chi connectivity index (χ0n) is 11.2. The SMILES string of the molecule is C=CC[C@H]1C[C@H](C(=O)O)N(C(=O)OC(C)(C)C)C1. The van der Waals surface area contributed by atoms with Crippen LogP contribution in [0.15, 0.2) is 12.7 Å². The van der Waals surface area contributed by atoms with E-state index in [9.17, 15) is 9.59 Å². The van der Waals surface area contributed by atoms with Crippen LogP contribution < -0.4 is 0 Å². The topological polar surface area (TPSA) is 66.8 Å². The Hall–Kier alpha value is -1.52. The van der Waals surface area contributed by atoms with E-state index in [0.717, 1.165) is 0 Å². The van der Waals surface area contributed by atoms with Gasteiger partial charge in [-0.25, -0.2) is 9.59 Å². The minimum atomic E-state index is -0.979. The first kappa shape index (κ1) is 14.5. The van der Waals surface area contributed by atoms with Crippen LogP contribution in [0.3, 0.4) is 0 Å². The van der Waals surface area contributed by atoms with Crippen molar-refractivity contribution in [3.8, 4) is 0 Å². The van der Waals surface area contributed by atoms with Gasteiger partial charge in [0, 0.05) is 6.54 Å². The Morgan fingerprint density at radius 2 is 2.11 bits per heavy atom. The van der Waals surface area contributed by atoms with E-state index < -0.39 is 23.7 Å². The van der Waals surface area contributed by atoms with Gasteiger partial charge in [0.1, 0.15) is 11.6 Å². The molecule has 0 aromatic heterocycles. The standard InChI is InChI=1S/C13H21NO4/c1-5-6-9-7-10(11(15)16)14(8-9)12(17)18-13(2,3)4/h5,9-10H,1,6-8H2,2-4H3,(H,15,16)/t9-,10+/m0/s1. The average Bonchev–Trinajstić information content (AvgIpc) is 2.59. The molecule has 0 spiro atoms. The molecule has 1 heterocycles. The van der Waals surface area contributed by atoms with E-state index in [2.05, 4.69) is 6.58 Å². The Morgan fingerprint density at radius 1 is 1.50 bits per heavy atom. The third kappa shape index (κ3) is 3.75. The maximum absolute atomic E-state index is 11.9. The van der Waals surface area contributed by atoms with E-state index in [-0.39, 0.29) is 5.92 Å². The van der Waals surface area contributed by atoms with E-state index in [4.69, 9.17) is 9.84 Å². The normalized spacial score (nSPS) is 23.8. The molecule has 0 aromatic rings. The predicted molar refractivity (Wildman–Crippen MR) is 67.3 cm³/mol. The lowest BCUT2D eigenvalue weighted by Crippen LogP contribution is -2.43. The number of carboxylic acids is 1. The van der Waals surface area contributed by atoms with Crippen molar-refractivity contribution in [3.05, 3.63) is 12.7 Å². The number of carbonyl (C=O) groups is 2. The van der Waals surface area contributed by atoms with Crippen molar-refractivity contribution < 1.29 is 19.4 Å². The van der Waals surface area contributed by atoms with Gasteiger partial charge in [-0.1, -0.05) is 6.08 Å². The molecule has 0 aromatic carbocycles. The molecule has 1 N–H and O–H groups in total. The summed E-state index contributed by atoms with van der Waals surface area (Å²) in [6.07, 6.45) is 2.37. The summed E-state index contributed by atoms with van der Waals surface area (Å²) in [7, 11) is 0. The fourth-order valence-corrected chi connectivity index (χ4v) is 2.09. The fraction of sp³-hybridized carbons (Fsp3) is 0.692. The maximum atomic E-state index is 11.9. The van der Waals surface area contributed by atoms with Crippen molar-refractivity contribution in [3.63, 3.8) is 0 Å². The average molecular weight is 255 g/mol. The van der Waals surface area contributed by atoms with Gasteiger partial charge in [-0.15, -0.1) is 6.58 Å². The van der Waals surface area contributed by atoms with Gasteiger partial charge in [-0.05, 0) is 39.5 Å². The molecule has 0 saturated carbocycles. The van der Waals surface area contributed by atoms with Crippen LogP contribution in [0.5, 0.6) is 0 Å². The van der Waals surface area contributed by atoms with Gasteiger partial charge in [0.05, 0.1) is 0 Å². The molecule has 1 aliphatic rings. The van der Waals surface area contributed by atoms with Crippen LogP contribution in [0.1, 0.15) is 33.6 Å². The first-order valence-corrected chi connectivity index (χ1v) is 6.08. The fourth-order valence-electron chi connectivity index (χ4n) is 2.09. The maximum Gasteiger partial charge on any atom is 0.411 e. The number of carbonyl (C=O) groups excluding carboxylic acids is 1. The smallest absolute Gasteiger partial charge is 0.411 e. The van der Waals surface area contributed by atoms with Gasteiger partial charge in [-0.3, -0.25) is 4.90 Å². The minimum Gasteiger partial charge on any atom is -0.480 e. The van der Waals surface area contributed by atoms with Crippen molar-refractivity contribution in [2.75, 3.05) is 6.54 Å². The summed E-state index contributed by atoms with van der Waals surface area (Å²) in [6, 6.07) is -0.787. The molecule has 1 amide bonds. The van der Waals surface area contributed by atoms with Gasteiger partial charge >= 0.3 is 12.1 Å². The van der Waals surface area contributed by atoms with Crippen molar-refractivity contribution in [1.82, 2.24) is 4.90 Å². The molecule has 18 heavy (non-hydrogen) atoms. The highest BCUT2D eigenvalue weighted by molar-refractivity contribution is 5.81. The number of likely N-dealkylation sites (tertiary alicyclic amines) is 1. The van der Waals surface area contributed by atoms with Gasteiger partial charge in [0.25, 0.3) is 0 Å². The van der Waals surface area contributed by atoms with Crippen LogP contribution in [0.2, 0.25) is 0 Å². The largest absolute Gasteiger partial charge is 0.480 e. The molecular formula is C13H21NO4. The summed E-state index contributed by atoms with van der Waals surface area (Å²) in [4.78, 5) is 24.4. The molecule has 0 aliphatic carbocycles. The molecule has 1 saturated heterocycles. The van der Waals surface area contributed by atoms with Crippen molar-refractivity contribution in [1.29, 1.82) is 0 Å². The van der Waals surface area contributed by atoms with E-state index in [0.29, 0.717) is 19.4 Å². The lowest BCUT2D eigenvalue weighted by atomic mass is 10.0. The molecule has 5 nitrogen and oxygen atoms in total. The minimum absolute atomic E-state index is 0.149. The summed E-state index contributed by atoms with van der Waals surface area (Å²) in [5.41, 5.74) is -0.614. The molecule has 0 radical (unpaired) electrons. The van der Waals surface area contributed by atoms with Crippen LogP contribution >= 0.6 is 0 Å². The first-order valence-electron chi connectivity index (χ1n) is 6.08. The summed E-state index contributed by atoms with van der Waals surface area (Å²) in [6.45, 7) is 9.34. The Balaban J connectivity index is 2.75. The summed E-state index contributed by atoms with van der Waals surface area (Å²) in [5.74, 6) is -0.830. The molecule has 1 rings (SSSR count). The molecule has 1 fully saturated rings. The zero-order chi connectivity index (χ0) is 13.9. The van der Waals surface area contributed by atoms with Crippen LogP contribution in [-0.2, 0) is 9.53 Å². The Labute approximate surface area is 107 Å². The van der Waals surface area contributed by atoms with Crippen molar-refractivity contribution >= 4 is 12.1 Å². The molecule has 2 atom stereocenters. The van der Waals surface area contributed by atoms with E-state index in [1.165, 1.54) is 4.90 Å². The lowest BCUT2D eigenvalue weighted by Gasteiger charge is -2.26. The molecule has 0 bridgehead atoms. The number of allylic oxidation sites excluding steroid dienone is 1. The van der Waals surface area contributed by atoms with Crippen LogP contribution in [0.25, 0.3) is 0 Å². The zero-order valence-corrected chi connectivity index (χ0v) is 11.2. The van der Waals surface area contributed by atoms with Crippen LogP contribution in [0, 0.1) is 5.92 Å². The Morgan fingerprint density at radius 3 is 2.56 bits per heavy atom. The van der Waals surface area contributed by atoms with Gasteiger partial charge in [-0.2, -0.15) is 0 Å². The Bertz CT molecular complexity index is 345. The first-order chi connectivity index (χ1) is 8.24. The number of hydrogen-bond acceptors (Lipinski definition) is 3. The second-order valence-corrected chi connectivity index (χ2v) is 5.61. The van der Waals surface area contributed by atoms with E-state index >= 15 is 0 Å². The van der Waals surface area contributed by atoms with Crippen molar-refractivity contribution in [2.24, 2.45) is 5.92 Å². The summed E-state index contributed by atoms with van der Waals surface area (Å²) >= 11 is 0. The predicted octanol–water partition coefficient (Wildman–Crippen LogP) is 2.27. The molecule has 0 unspecified atom stereocenters. The number of rotatable bonds is 3. The number of carboxylic acid groups (broad SMARTS) is 1. The molecular weight excluding hydrogens is 234 g/mol. The highest BCUT2D eigenvalue weighted by atomic mass is 16.6. The van der Waals surface area contributed by atoms with Crippen LogP contribution in [0.4, 0.5) is 4.79 Å². The second kappa shape index (κ2) is 5.42. The summed E-state index contributed by atoms with van der Waals surface area (Å²) in [5, 5.41) is 9.14. The van der Waals surface area contributed by atoms with Crippen LogP contribution in [-0.4, -0.2) is 40.3 Å². The quantitative estimate of drug-likeness (QED) is 0.786. The van der Waals surface area contributed by atoms with Crippen molar-refractivity contribution in [2.45, 2.75) is 45.3 Å². The highest BCUT2D eigenvalue weighted by Gasteiger charge is 2.40. The van der Waals surface area contributed by atoms with Gasteiger partial charge in [0.2, 0.25) is 0 Å². The third-order valence-corrected chi connectivity index (χ3v) is 2.80. The lowest BCUT2D eigenvalue weighted by molar-refractivity contribution is -0.142.